The van der Waals surface area contributed by atoms with Crippen molar-refractivity contribution >= 4 is 0 Å². The van der Waals surface area contributed by atoms with Crippen LogP contribution < -0.4 is 10.5 Å². The Morgan fingerprint density at radius 1 is 1.15 bits per heavy atom. The molecule has 0 aliphatic heterocycles. The molecule has 0 heterocycles. The number of hydrogen-bond donors (Lipinski definition) is 1. The van der Waals surface area contributed by atoms with Gasteiger partial charge in [-0.2, -0.15) is 0 Å². The Labute approximate surface area is 119 Å². The topological polar surface area (TPSA) is 35.2 Å². The molecule has 2 nitrogen and oxygen atoms in total. The molecular weight excluding hydrogens is 253 g/mol. The summed E-state index contributed by atoms with van der Waals surface area (Å²) in [6.45, 7) is 2.04. The van der Waals surface area contributed by atoms with Crippen molar-refractivity contribution in [3.05, 3.63) is 65.0 Å². The number of methoxy groups -OCH3 is 1. The minimum absolute atomic E-state index is 0.0625. The van der Waals surface area contributed by atoms with Crippen LogP contribution in [0.1, 0.15) is 16.7 Å². The second-order valence-corrected chi connectivity index (χ2v) is 5.11. The molecule has 2 aromatic carbocycles. The predicted molar refractivity (Wildman–Crippen MR) is 79.5 cm³/mol. The lowest BCUT2D eigenvalue weighted by molar-refractivity contribution is 0.407. The molecule has 0 radical (unpaired) electrons. The third-order valence-corrected chi connectivity index (χ3v) is 3.30. The SMILES string of the molecule is COc1ccc(C)cc1CC(N)Cc1cccc(F)c1. The van der Waals surface area contributed by atoms with Crippen molar-refractivity contribution in [3.63, 3.8) is 0 Å². The van der Waals surface area contributed by atoms with Crippen molar-refractivity contribution in [2.45, 2.75) is 25.8 Å². The molecule has 0 amide bonds. The van der Waals surface area contributed by atoms with Crippen molar-refractivity contribution in [2.24, 2.45) is 5.73 Å². The van der Waals surface area contributed by atoms with Gasteiger partial charge >= 0.3 is 0 Å². The van der Waals surface area contributed by atoms with Crippen LogP contribution in [-0.4, -0.2) is 13.2 Å². The van der Waals surface area contributed by atoms with Crippen molar-refractivity contribution in [1.29, 1.82) is 0 Å². The van der Waals surface area contributed by atoms with Gasteiger partial charge in [-0.3, -0.25) is 0 Å². The summed E-state index contributed by atoms with van der Waals surface area (Å²) in [7, 11) is 1.66. The Balaban J connectivity index is 2.08. The molecule has 0 saturated heterocycles. The number of rotatable bonds is 5. The molecule has 2 N–H and O–H groups in total. The highest BCUT2D eigenvalue weighted by Gasteiger charge is 2.10. The average Bonchev–Trinajstić information content (AvgIpc) is 2.38. The minimum atomic E-state index is -0.220. The molecule has 0 fully saturated rings. The van der Waals surface area contributed by atoms with Crippen LogP contribution in [0.4, 0.5) is 4.39 Å². The van der Waals surface area contributed by atoms with Crippen molar-refractivity contribution < 1.29 is 9.13 Å². The minimum Gasteiger partial charge on any atom is -0.496 e. The zero-order valence-electron chi connectivity index (χ0n) is 11.9. The van der Waals surface area contributed by atoms with E-state index in [9.17, 15) is 4.39 Å². The molecule has 0 spiro atoms. The van der Waals surface area contributed by atoms with Crippen molar-refractivity contribution in [2.75, 3.05) is 7.11 Å². The van der Waals surface area contributed by atoms with Crippen molar-refractivity contribution in [1.82, 2.24) is 0 Å². The smallest absolute Gasteiger partial charge is 0.123 e. The largest absolute Gasteiger partial charge is 0.496 e. The quantitative estimate of drug-likeness (QED) is 0.907. The fourth-order valence-corrected chi connectivity index (χ4v) is 2.39. The highest BCUT2D eigenvalue weighted by molar-refractivity contribution is 5.37. The third kappa shape index (κ3) is 3.81. The van der Waals surface area contributed by atoms with Crippen LogP contribution >= 0.6 is 0 Å². The Bertz CT molecular complexity index is 583. The molecule has 0 aromatic heterocycles. The van der Waals surface area contributed by atoms with Gasteiger partial charge in [-0.15, -0.1) is 0 Å². The first-order valence-electron chi connectivity index (χ1n) is 6.72. The fourth-order valence-electron chi connectivity index (χ4n) is 2.39. The maximum atomic E-state index is 13.2. The van der Waals surface area contributed by atoms with Crippen LogP contribution in [0.3, 0.4) is 0 Å². The highest BCUT2D eigenvalue weighted by atomic mass is 19.1. The molecular formula is C17H20FNO. The van der Waals surface area contributed by atoms with E-state index >= 15 is 0 Å². The fraction of sp³-hybridized carbons (Fsp3) is 0.294. The average molecular weight is 273 g/mol. The lowest BCUT2D eigenvalue weighted by Gasteiger charge is -2.15. The monoisotopic (exact) mass is 273 g/mol. The van der Waals surface area contributed by atoms with Crippen LogP contribution in [0, 0.1) is 12.7 Å². The van der Waals surface area contributed by atoms with E-state index in [0.29, 0.717) is 12.8 Å². The second kappa shape index (κ2) is 6.53. The number of aryl methyl sites for hydroxylation is 1. The number of ether oxygens (including phenoxy) is 1. The van der Waals surface area contributed by atoms with Gasteiger partial charge in [0.2, 0.25) is 0 Å². The second-order valence-electron chi connectivity index (χ2n) is 5.11. The van der Waals surface area contributed by atoms with Crippen LogP contribution in [0.15, 0.2) is 42.5 Å². The number of hydrogen-bond acceptors (Lipinski definition) is 2. The van der Waals surface area contributed by atoms with Crippen LogP contribution in [0.25, 0.3) is 0 Å². The molecule has 0 bridgehead atoms. The summed E-state index contributed by atoms with van der Waals surface area (Å²) in [4.78, 5) is 0. The summed E-state index contributed by atoms with van der Waals surface area (Å²) in [5.41, 5.74) is 9.38. The molecule has 1 atom stereocenters. The predicted octanol–water partition coefficient (Wildman–Crippen LogP) is 3.26. The first kappa shape index (κ1) is 14.5. The van der Waals surface area contributed by atoms with Crippen molar-refractivity contribution in [3.8, 4) is 5.75 Å². The first-order chi connectivity index (χ1) is 9.58. The van der Waals surface area contributed by atoms with E-state index in [1.807, 2.05) is 25.1 Å². The van der Waals surface area contributed by atoms with Crippen LogP contribution in [-0.2, 0) is 12.8 Å². The molecule has 0 aliphatic carbocycles. The van der Waals surface area contributed by atoms with E-state index in [1.165, 1.54) is 17.7 Å². The summed E-state index contributed by atoms with van der Waals surface area (Å²) in [6.07, 6.45) is 1.36. The molecule has 0 saturated carbocycles. The van der Waals surface area contributed by atoms with Gasteiger partial charge in [-0.1, -0.05) is 29.8 Å². The summed E-state index contributed by atoms with van der Waals surface area (Å²) in [5.74, 6) is 0.633. The number of nitrogens with two attached hydrogens (primary N) is 1. The maximum absolute atomic E-state index is 13.2. The molecule has 2 rings (SSSR count). The van der Waals surface area contributed by atoms with Gasteiger partial charge in [-0.25, -0.2) is 4.39 Å². The zero-order valence-corrected chi connectivity index (χ0v) is 11.9. The standard InChI is InChI=1S/C17H20FNO/c1-12-6-7-17(20-2)14(8-12)11-16(19)10-13-4-3-5-15(18)9-13/h3-9,16H,10-11,19H2,1-2H3. The molecule has 3 heteroatoms. The van der Waals surface area contributed by atoms with E-state index in [2.05, 4.69) is 6.07 Å². The van der Waals surface area contributed by atoms with Gasteiger partial charge in [0.05, 0.1) is 7.11 Å². The van der Waals surface area contributed by atoms with E-state index in [0.717, 1.165) is 16.9 Å². The number of halogens is 1. The van der Waals surface area contributed by atoms with Gasteiger partial charge in [0.15, 0.2) is 0 Å². The lowest BCUT2D eigenvalue weighted by atomic mass is 9.98. The van der Waals surface area contributed by atoms with Gasteiger partial charge in [-0.05, 0) is 49.1 Å². The van der Waals surface area contributed by atoms with E-state index in [4.69, 9.17) is 10.5 Å². The zero-order chi connectivity index (χ0) is 14.5. The van der Waals surface area contributed by atoms with Gasteiger partial charge in [0, 0.05) is 6.04 Å². The van der Waals surface area contributed by atoms with E-state index in [-0.39, 0.29) is 11.9 Å². The number of benzene rings is 2. The van der Waals surface area contributed by atoms with Crippen LogP contribution in [0.2, 0.25) is 0 Å². The normalized spacial score (nSPS) is 12.2. The van der Waals surface area contributed by atoms with E-state index in [1.54, 1.807) is 13.2 Å². The van der Waals surface area contributed by atoms with E-state index < -0.39 is 0 Å². The van der Waals surface area contributed by atoms with Gasteiger partial charge < -0.3 is 10.5 Å². The third-order valence-electron chi connectivity index (χ3n) is 3.30. The summed E-state index contributed by atoms with van der Waals surface area (Å²) in [6, 6.07) is 12.6. The molecule has 20 heavy (non-hydrogen) atoms. The Morgan fingerprint density at radius 2 is 1.95 bits per heavy atom. The van der Waals surface area contributed by atoms with Gasteiger partial charge in [0.25, 0.3) is 0 Å². The summed E-state index contributed by atoms with van der Waals surface area (Å²) >= 11 is 0. The Hall–Kier alpha value is -1.87. The Morgan fingerprint density at radius 3 is 2.65 bits per heavy atom. The highest BCUT2D eigenvalue weighted by Crippen LogP contribution is 2.21. The summed E-state index contributed by atoms with van der Waals surface area (Å²) < 4.78 is 18.5. The summed E-state index contributed by atoms with van der Waals surface area (Å²) in [5, 5.41) is 0. The maximum Gasteiger partial charge on any atom is 0.123 e. The lowest BCUT2D eigenvalue weighted by Crippen LogP contribution is -2.25. The molecule has 106 valence electrons. The van der Waals surface area contributed by atoms with Crippen LogP contribution in [0.5, 0.6) is 5.75 Å². The molecule has 2 aromatic rings. The molecule has 1 unspecified atom stereocenters. The van der Waals surface area contributed by atoms with Gasteiger partial charge in [0.1, 0.15) is 11.6 Å². The first-order valence-corrected chi connectivity index (χ1v) is 6.72. The molecule has 0 aliphatic rings. The Kier molecular flexibility index (Phi) is 4.74.